The van der Waals surface area contributed by atoms with Gasteiger partial charge in [0.15, 0.2) is 5.82 Å². The topological polar surface area (TPSA) is 47.0 Å². The summed E-state index contributed by atoms with van der Waals surface area (Å²) in [4.78, 5) is 9.21. The van der Waals surface area contributed by atoms with Crippen molar-refractivity contribution in [2.45, 2.75) is 40.3 Å². The second-order valence-corrected chi connectivity index (χ2v) is 5.56. The van der Waals surface area contributed by atoms with Crippen LogP contribution in [0.25, 0.3) is 11.4 Å². The monoisotopic (exact) mass is 285 g/mol. The van der Waals surface area contributed by atoms with Gasteiger partial charge in [0.05, 0.1) is 18.4 Å². The molecule has 112 valence electrons. The van der Waals surface area contributed by atoms with Crippen LogP contribution in [-0.4, -0.2) is 23.1 Å². The standard InChI is InChI=1S/C17H23N3O/c1-11(2)18-10-14-9-13(4)19-17(20-14)15-7-6-12(3)8-16(15)21-5/h6-9,11,18H,10H2,1-5H3. The van der Waals surface area contributed by atoms with Gasteiger partial charge in [-0.05, 0) is 37.6 Å². The van der Waals surface area contributed by atoms with Crippen LogP contribution in [-0.2, 0) is 6.54 Å². The predicted molar refractivity (Wildman–Crippen MR) is 85.5 cm³/mol. The Morgan fingerprint density at radius 1 is 1.14 bits per heavy atom. The van der Waals surface area contributed by atoms with Crippen molar-refractivity contribution in [3.8, 4) is 17.1 Å². The highest BCUT2D eigenvalue weighted by Crippen LogP contribution is 2.28. The van der Waals surface area contributed by atoms with Crippen molar-refractivity contribution >= 4 is 0 Å². The Labute approximate surface area is 126 Å². The van der Waals surface area contributed by atoms with E-state index in [4.69, 9.17) is 4.74 Å². The second-order valence-electron chi connectivity index (χ2n) is 5.56. The van der Waals surface area contributed by atoms with Crippen LogP contribution in [0.15, 0.2) is 24.3 Å². The highest BCUT2D eigenvalue weighted by Gasteiger charge is 2.11. The lowest BCUT2D eigenvalue weighted by Gasteiger charge is -2.12. The molecule has 0 amide bonds. The summed E-state index contributed by atoms with van der Waals surface area (Å²) in [5.74, 6) is 1.52. The van der Waals surface area contributed by atoms with E-state index in [0.29, 0.717) is 11.9 Å². The number of hydrogen-bond donors (Lipinski definition) is 1. The van der Waals surface area contributed by atoms with Crippen LogP contribution < -0.4 is 10.1 Å². The molecule has 0 saturated carbocycles. The Balaban J connectivity index is 2.39. The summed E-state index contributed by atoms with van der Waals surface area (Å²) in [5, 5.41) is 3.38. The lowest BCUT2D eigenvalue weighted by atomic mass is 10.1. The molecule has 0 aliphatic rings. The van der Waals surface area contributed by atoms with Gasteiger partial charge in [0.25, 0.3) is 0 Å². The molecule has 1 N–H and O–H groups in total. The SMILES string of the molecule is COc1cc(C)ccc1-c1nc(C)cc(CNC(C)C)n1. The van der Waals surface area contributed by atoms with Gasteiger partial charge >= 0.3 is 0 Å². The largest absolute Gasteiger partial charge is 0.496 e. The summed E-state index contributed by atoms with van der Waals surface area (Å²) in [6.07, 6.45) is 0. The third-order valence-corrected chi connectivity index (χ3v) is 3.20. The number of nitrogens with zero attached hydrogens (tertiary/aromatic N) is 2. The highest BCUT2D eigenvalue weighted by atomic mass is 16.5. The Morgan fingerprint density at radius 3 is 2.57 bits per heavy atom. The van der Waals surface area contributed by atoms with Gasteiger partial charge in [0, 0.05) is 18.3 Å². The zero-order valence-electron chi connectivity index (χ0n) is 13.4. The first-order chi connectivity index (χ1) is 9.99. The number of aryl methyl sites for hydroxylation is 2. The van der Waals surface area contributed by atoms with Crippen LogP contribution in [0.4, 0.5) is 0 Å². The van der Waals surface area contributed by atoms with E-state index in [9.17, 15) is 0 Å². The molecule has 0 unspecified atom stereocenters. The molecule has 0 saturated heterocycles. The van der Waals surface area contributed by atoms with Gasteiger partial charge in [-0.2, -0.15) is 0 Å². The van der Waals surface area contributed by atoms with E-state index >= 15 is 0 Å². The molecule has 2 aromatic rings. The van der Waals surface area contributed by atoms with Crippen molar-refractivity contribution in [2.24, 2.45) is 0 Å². The Hall–Kier alpha value is -1.94. The van der Waals surface area contributed by atoms with Crippen LogP contribution in [0, 0.1) is 13.8 Å². The minimum absolute atomic E-state index is 0.428. The van der Waals surface area contributed by atoms with Gasteiger partial charge in [0.2, 0.25) is 0 Å². The number of rotatable bonds is 5. The quantitative estimate of drug-likeness (QED) is 0.916. The lowest BCUT2D eigenvalue weighted by molar-refractivity contribution is 0.416. The van der Waals surface area contributed by atoms with E-state index in [-0.39, 0.29) is 0 Å². The maximum Gasteiger partial charge on any atom is 0.163 e. The van der Waals surface area contributed by atoms with Crippen molar-refractivity contribution < 1.29 is 4.74 Å². The molecule has 1 aromatic heterocycles. The smallest absolute Gasteiger partial charge is 0.163 e. The molecule has 0 radical (unpaired) electrons. The summed E-state index contributed by atoms with van der Waals surface area (Å²) < 4.78 is 5.46. The maximum atomic E-state index is 5.46. The summed E-state index contributed by atoms with van der Waals surface area (Å²) in [6, 6.07) is 8.52. The Kier molecular flexibility index (Phi) is 4.91. The summed E-state index contributed by atoms with van der Waals surface area (Å²) in [5.41, 5.74) is 4.04. The van der Waals surface area contributed by atoms with Crippen molar-refractivity contribution in [1.29, 1.82) is 0 Å². The summed E-state index contributed by atoms with van der Waals surface area (Å²) >= 11 is 0. The van der Waals surface area contributed by atoms with E-state index in [1.54, 1.807) is 7.11 Å². The molecule has 4 heteroatoms. The van der Waals surface area contributed by atoms with E-state index in [2.05, 4.69) is 35.2 Å². The van der Waals surface area contributed by atoms with Crippen molar-refractivity contribution in [3.05, 3.63) is 41.2 Å². The fraction of sp³-hybridized carbons (Fsp3) is 0.412. The zero-order chi connectivity index (χ0) is 15.4. The molecule has 21 heavy (non-hydrogen) atoms. The third kappa shape index (κ3) is 4.02. The molecule has 0 spiro atoms. The molecule has 0 atom stereocenters. The van der Waals surface area contributed by atoms with Gasteiger partial charge in [-0.15, -0.1) is 0 Å². The molecule has 0 fully saturated rings. The fourth-order valence-corrected chi connectivity index (χ4v) is 2.14. The molecule has 4 nitrogen and oxygen atoms in total. The molecule has 1 heterocycles. The molecular formula is C17H23N3O. The molecule has 0 aliphatic heterocycles. The summed E-state index contributed by atoms with van der Waals surface area (Å²) in [6.45, 7) is 9.02. The van der Waals surface area contributed by atoms with Crippen molar-refractivity contribution in [3.63, 3.8) is 0 Å². The third-order valence-electron chi connectivity index (χ3n) is 3.20. The minimum Gasteiger partial charge on any atom is -0.496 e. The van der Waals surface area contributed by atoms with Gasteiger partial charge in [0.1, 0.15) is 5.75 Å². The Bertz CT molecular complexity index is 623. The minimum atomic E-state index is 0.428. The number of ether oxygens (including phenoxy) is 1. The van der Waals surface area contributed by atoms with E-state index in [1.165, 1.54) is 0 Å². The molecule has 1 aromatic carbocycles. The number of benzene rings is 1. The molecule has 2 rings (SSSR count). The van der Waals surface area contributed by atoms with Crippen LogP contribution in [0.3, 0.4) is 0 Å². The van der Waals surface area contributed by atoms with E-state index in [0.717, 1.165) is 34.8 Å². The highest BCUT2D eigenvalue weighted by molar-refractivity contribution is 5.65. The maximum absolute atomic E-state index is 5.46. The zero-order valence-corrected chi connectivity index (χ0v) is 13.4. The summed E-state index contributed by atoms with van der Waals surface area (Å²) in [7, 11) is 1.68. The second kappa shape index (κ2) is 6.68. The average Bonchev–Trinajstić information content (AvgIpc) is 2.44. The Morgan fingerprint density at radius 2 is 1.90 bits per heavy atom. The van der Waals surface area contributed by atoms with Crippen LogP contribution in [0.5, 0.6) is 5.75 Å². The number of nitrogens with one attached hydrogen (secondary N) is 1. The number of methoxy groups -OCH3 is 1. The first kappa shape index (κ1) is 15.4. The number of aromatic nitrogens is 2. The van der Waals surface area contributed by atoms with E-state index < -0.39 is 0 Å². The predicted octanol–water partition coefficient (Wildman–Crippen LogP) is 3.27. The fourth-order valence-electron chi connectivity index (χ4n) is 2.14. The lowest BCUT2D eigenvalue weighted by Crippen LogP contribution is -2.22. The van der Waals surface area contributed by atoms with Gasteiger partial charge < -0.3 is 10.1 Å². The van der Waals surface area contributed by atoms with Crippen molar-refractivity contribution in [1.82, 2.24) is 15.3 Å². The van der Waals surface area contributed by atoms with Gasteiger partial charge in [-0.3, -0.25) is 0 Å². The van der Waals surface area contributed by atoms with Crippen molar-refractivity contribution in [2.75, 3.05) is 7.11 Å². The molecule has 0 aliphatic carbocycles. The van der Waals surface area contributed by atoms with Crippen LogP contribution in [0.1, 0.15) is 30.8 Å². The number of hydrogen-bond acceptors (Lipinski definition) is 4. The van der Waals surface area contributed by atoms with Crippen LogP contribution in [0.2, 0.25) is 0 Å². The average molecular weight is 285 g/mol. The first-order valence-corrected chi connectivity index (χ1v) is 7.22. The van der Waals surface area contributed by atoms with Gasteiger partial charge in [-0.1, -0.05) is 19.9 Å². The van der Waals surface area contributed by atoms with Crippen LogP contribution >= 0.6 is 0 Å². The van der Waals surface area contributed by atoms with Gasteiger partial charge in [-0.25, -0.2) is 9.97 Å². The normalized spacial score (nSPS) is 11.0. The van der Waals surface area contributed by atoms with E-state index in [1.807, 2.05) is 32.0 Å². The molecule has 0 bridgehead atoms. The molecular weight excluding hydrogens is 262 g/mol. The first-order valence-electron chi connectivity index (χ1n) is 7.22.